The molecule has 2 heterocycles. The van der Waals surface area contributed by atoms with Gasteiger partial charge in [0.1, 0.15) is 0 Å². The Kier molecular flexibility index (Phi) is 7.03. The van der Waals surface area contributed by atoms with Gasteiger partial charge < -0.3 is 19.5 Å². The molecule has 0 unspecified atom stereocenters. The average Bonchev–Trinajstić information content (AvgIpc) is 2.97. The minimum atomic E-state index is 0.779. The first-order valence-corrected chi connectivity index (χ1v) is 8.38. The van der Waals surface area contributed by atoms with Crippen LogP contribution in [0.1, 0.15) is 33.1 Å². The number of piperidine rings is 1. The standard InChI is InChI=1S/C16H30N4O/c1-3-19-10-6-15(7-11-19)14-18-16-17-8-12-20(16)9-5-13-21-4-2/h8,12,15H,3-7,9-11,13-14H2,1-2H3,(H,17,18). The Morgan fingerprint density at radius 3 is 2.86 bits per heavy atom. The smallest absolute Gasteiger partial charge is 0.202 e. The molecule has 21 heavy (non-hydrogen) atoms. The van der Waals surface area contributed by atoms with E-state index in [2.05, 4.69) is 26.7 Å². The summed E-state index contributed by atoms with van der Waals surface area (Å²) in [5, 5.41) is 3.53. The van der Waals surface area contributed by atoms with Crippen molar-refractivity contribution in [1.82, 2.24) is 14.5 Å². The van der Waals surface area contributed by atoms with Crippen molar-refractivity contribution in [3.05, 3.63) is 12.4 Å². The van der Waals surface area contributed by atoms with E-state index in [1.807, 2.05) is 19.3 Å². The Morgan fingerprint density at radius 2 is 2.14 bits per heavy atom. The molecule has 1 aromatic heterocycles. The highest BCUT2D eigenvalue weighted by Gasteiger charge is 2.18. The van der Waals surface area contributed by atoms with Crippen LogP contribution < -0.4 is 5.32 Å². The quantitative estimate of drug-likeness (QED) is 0.710. The van der Waals surface area contributed by atoms with Gasteiger partial charge in [-0.15, -0.1) is 0 Å². The maximum absolute atomic E-state index is 5.39. The molecule has 1 N–H and O–H groups in total. The van der Waals surface area contributed by atoms with Crippen LogP contribution in [0.5, 0.6) is 0 Å². The van der Waals surface area contributed by atoms with Crippen molar-refractivity contribution >= 4 is 5.95 Å². The van der Waals surface area contributed by atoms with Crippen LogP contribution in [0, 0.1) is 5.92 Å². The third-order valence-corrected chi connectivity index (χ3v) is 4.31. The van der Waals surface area contributed by atoms with Crippen molar-refractivity contribution in [2.45, 2.75) is 39.7 Å². The van der Waals surface area contributed by atoms with Crippen LogP contribution in [0.25, 0.3) is 0 Å². The summed E-state index contributed by atoms with van der Waals surface area (Å²) < 4.78 is 7.58. The van der Waals surface area contributed by atoms with Crippen molar-refractivity contribution in [1.29, 1.82) is 0 Å². The van der Waals surface area contributed by atoms with Crippen molar-refractivity contribution in [2.75, 3.05) is 44.7 Å². The molecule has 1 aliphatic rings. The molecule has 0 amide bonds. The lowest BCUT2D eigenvalue weighted by Crippen LogP contribution is -2.35. The van der Waals surface area contributed by atoms with Gasteiger partial charge in [0.25, 0.3) is 0 Å². The van der Waals surface area contributed by atoms with Gasteiger partial charge in [-0.25, -0.2) is 4.98 Å². The monoisotopic (exact) mass is 294 g/mol. The fourth-order valence-electron chi connectivity index (χ4n) is 2.88. The van der Waals surface area contributed by atoms with Crippen LogP contribution in [-0.2, 0) is 11.3 Å². The van der Waals surface area contributed by atoms with E-state index in [9.17, 15) is 0 Å². The number of imidazole rings is 1. The van der Waals surface area contributed by atoms with E-state index in [0.717, 1.165) is 44.6 Å². The highest BCUT2D eigenvalue weighted by molar-refractivity contribution is 5.25. The number of anilines is 1. The summed E-state index contributed by atoms with van der Waals surface area (Å²) >= 11 is 0. The third kappa shape index (κ3) is 5.32. The van der Waals surface area contributed by atoms with E-state index in [-0.39, 0.29) is 0 Å². The first kappa shape index (κ1) is 16.3. The number of nitrogens with zero attached hydrogens (tertiary/aromatic N) is 3. The predicted octanol–water partition coefficient (Wildman–Crippen LogP) is 2.45. The molecule has 0 aliphatic carbocycles. The Balaban J connectivity index is 1.70. The zero-order valence-electron chi connectivity index (χ0n) is 13.6. The molecule has 1 aliphatic heterocycles. The van der Waals surface area contributed by atoms with Gasteiger partial charge in [0.2, 0.25) is 5.95 Å². The third-order valence-electron chi connectivity index (χ3n) is 4.31. The summed E-state index contributed by atoms with van der Waals surface area (Å²) in [5.41, 5.74) is 0. The van der Waals surface area contributed by atoms with Crippen molar-refractivity contribution < 1.29 is 4.74 Å². The second-order valence-electron chi connectivity index (χ2n) is 5.75. The second-order valence-corrected chi connectivity index (χ2v) is 5.75. The minimum Gasteiger partial charge on any atom is -0.382 e. The van der Waals surface area contributed by atoms with E-state index in [1.54, 1.807) is 0 Å². The SMILES string of the molecule is CCOCCCn1ccnc1NCC1CCN(CC)CC1. The average molecular weight is 294 g/mol. The Labute approximate surface area is 128 Å². The van der Waals surface area contributed by atoms with Gasteiger partial charge in [-0.3, -0.25) is 0 Å². The lowest BCUT2D eigenvalue weighted by atomic mass is 9.97. The van der Waals surface area contributed by atoms with Crippen LogP contribution in [-0.4, -0.2) is 53.8 Å². The minimum absolute atomic E-state index is 0.779. The van der Waals surface area contributed by atoms with Gasteiger partial charge in [0, 0.05) is 38.7 Å². The molecule has 0 atom stereocenters. The van der Waals surface area contributed by atoms with Crippen molar-refractivity contribution in [3.8, 4) is 0 Å². The van der Waals surface area contributed by atoms with Crippen molar-refractivity contribution in [3.63, 3.8) is 0 Å². The number of likely N-dealkylation sites (tertiary alicyclic amines) is 1. The molecule has 5 nitrogen and oxygen atoms in total. The number of hydrogen-bond acceptors (Lipinski definition) is 4. The molecule has 0 saturated carbocycles. The van der Waals surface area contributed by atoms with Gasteiger partial charge in [-0.2, -0.15) is 0 Å². The van der Waals surface area contributed by atoms with Crippen LogP contribution >= 0.6 is 0 Å². The van der Waals surface area contributed by atoms with Gasteiger partial charge in [0.15, 0.2) is 0 Å². The Bertz CT molecular complexity index is 385. The number of ether oxygens (including phenoxy) is 1. The van der Waals surface area contributed by atoms with Crippen molar-refractivity contribution in [2.24, 2.45) is 5.92 Å². The predicted molar refractivity (Wildman–Crippen MR) is 86.7 cm³/mol. The highest BCUT2D eigenvalue weighted by Crippen LogP contribution is 2.17. The lowest BCUT2D eigenvalue weighted by Gasteiger charge is -2.31. The van der Waals surface area contributed by atoms with E-state index < -0.39 is 0 Å². The maximum atomic E-state index is 5.39. The molecule has 1 fully saturated rings. The molecule has 5 heteroatoms. The molecule has 0 radical (unpaired) electrons. The molecular formula is C16H30N4O. The summed E-state index contributed by atoms with van der Waals surface area (Å²) in [6, 6.07) is 0. The number of aryl methyl sites for hydroxylation is 1. The summed E-state index contributed by atoms with van der Waals surface area (Å²) in [6.07, 6.45) is 7.56. The topological polar surface area (TPSA) is 42.3 Å². The van der Waals surface area contributed by atoms with Gasteiger partial charge in [-0.1, -0.05) is 6.92 Å². The van der Waals surface area contributed by atoms with Crippen LogP contribution in [0.15, 0.2) is 12.4 Å². The lowest BCUT2D eigenvalue weighted by molar-refractivity contribution is 0.142. The summed E-state index contributed by atoms with van der Waals surface area (Å²) in [6.45, 7) is 11.6. The summed E-state index contributed by atoms with van der Waals surface area (Å²) in [7, 11) is 0. The second kappa shape index (κ2) is 9.05. The summed E-state index contributed by atoms with van der Waals surface area (Å²) in [5.74, 6) is 1.78. The fourth-order valence-corrected chi connectivity index (χ4v) is 2.88. The largest absolute Gasteiger partial charge is 0.382 e. The molecule has 0 aromatic carbocycles. The first-order valence-electron chi connectivity index (χ1n) is 8.38. The molecule has 2 rings (SSSR count). The molecular weight excluding hydrogens is 264 g/mol. The number of hydrogen-bond donors (Lipinski definition) is 1. The number of nitrogens with one attached hydrogen (secondary N) is 1. The maximum Gasteiger partial charge on any atom is 0.202 e. The molecule has 120 valence electrons. The van der Waals surface area contributed by atoms with Gasteiger partial charge in [0.05, 0.1) is 0 Å². The van der Waals surface area contributed by atoms with E-state index in [0.29, 0.717) is 0 Å². The van der Waals surface area contributed by atoms with E-state index >= 15 is 0 Å². The first-order chi connectivity index (χ1) is 10.3. The Morgan fingerprint density at radius 1 is 1.33 bits per heavy atom. The van der Waals surface area contributed by atoms with Gasteiger partial charge >= 0.3 is 0 Å². The van der Waals surface area contributed by atoms with Gasteiger partial charge in [-0.05, 0) is 51.7 Å². The normalized spacial score (nSPS) is 17.2. The number of aromatic nitrogens is 2. The number of rotatable bonds is 9. The fraction of sp³-hybridized carbons (Fsp3) is 0.812. The Hall–Kier alpha value is -1.07. The zero-order valence-corrected chi connectivity index (χ0v) is 13.6. The van der Waals surface area contributed by atoms with Crippen LogP contribution in [0.4, 0.5) is 5.95 Å². The zero-order chi connectivity index (χ0) is 14.9. The van der Waals surface area contributed by atoms with Crippen LogP contribution in [0.2, 0.25) is 0 Å². The summed E-state index contributed by atoms with van der Waals surface area (Å²) in [4.78, 5) is 6.96. The molecule has 0 bridgehead atoms. The molecule has 1 saturated heterocycles. The van der Waals surface area contributed by atoms with Crippen LogP contribution in [0.3, 0.4) is 0 Å². The highest BCUT2D eigenvalue weighted by atomic mass is 16.5. The van der Waals surface area contributed by atoms with E-state index in [1.165, 1.54) is 32.5 Å². The molecule has 1 aromatic rings. The van der Waals surface area contributed by atoms with E-state index in [4.69, 9.17) is 4.74 Å². The molecule has 0 spiro atoms.